The zero-order valence-electron chi connectivity index (χ0n) is 9.95. The minimum absolute atomic E-state index is 0.173. The van der Waals surface area contributed by atoms with Gasteiger partial charge < -0.3 is 10.1 Å². The summed E-state index contributed by atoms with van der Waals surface area (Å²) in [4.78, 5) is 0. The van der Waals surface area contributed by atoms with Crippen LogP contribution in [0, 0.1) is 0 Å². The van der Waals surface area contributed by atoms with Crippen LogP contribution < -0.4 is 5.32 Å². The molecular weight excluding hydrogens is 222 g/mol. The van der Waals surface area contributed by atoms with Crippen LogP contribution in [0.4, 0.5) is 0 Å². The van der Waals surface area contributed by atoms with Gasteiger partial charge in [-0.3, -0.25) is 0 Å². The maximum atomic E-state index is 5.76. The van der Waals surface area contributed by atoms with Crippen LogP contribution in [0.15, 0.2) is 0 Å². The molecule has 0 aromatic carbocycles. The number of ether oxygens (including phenoxy) is 1. The van der Waals surface area contributed by atoms with Crippen LogP contribution in [0.3, 0.4) is 0 Å². The van der Waals surface area contributed by atoms with E-state index in [2.05, 4.69) is 29.4 Å². The molecule has 0 aliphatic carbocycles. The Kier molecular flexibility index (Phi) is 3.89. The summed E-state index contributed by atoms with van der Waals surface area (Å²) in [7, 11) is 0. The molecular formula is C11H19N3OS. The molecule has 1 aliphatic rings. The van der Waals surface area contributed by atoms with E-state index in [1.165, 1.54) is 0 Å². The van der Waals surface area contributed by atoms with Gasteiger partial charge >= 0.3 is 0 Å². The van der Waals surface area contributed by atoms with E-state index >= 15 is 0 Å². The van der Waals surface area contributed by atoms with Crippen LogP contribution in [0.5, 0.6) is 0 Å². The Labute approximate surface area is 100 Å². The lowest BCUT2D eigenvalue weighted by atomic mass is 10.0. The number of rotatable bonds is 5. The summed E-state index contributed by atoms with van der Waals surface area (Å²) in [5, 5.41) is 13.9. The molecule has 1 fully saturated rings. The van der Waals surface area contributed by atoms with Crippen LogP contribution in [-0.4, -0.2) is 29.9 Å². The zero-order chi connectivity index (χ0) is 11.4. The highest BCUT2D eigenvalue weighted by Crippen LogP contribution is 2.36. The molecule has 0 amide bonds. The molecule has 0 spiro atoms. The Morgan fingerprint density at radius 3 is 3.06 bits per heavy atom. The van der Waals surface area contributed by atoms with Crippen molar-refractivity contribution in [2.45, 2.75) is 38.7 Å². The molecule has 5 heteroatoms. The summed E-state index contributed by atoms with van der Waals surface area (Å²) in [6.07, 6.45) is 3.15. The second-order valence-electron chi connectivity index (χ2n) is 4.29. The van der Waals surface area contributed by atoms with Gasteiger partial charge in [0.05, 0.1) is 0 Å². The van der Waals surface area contributed by atoms with Crippen LogP contribution >= 0.6 is 11.3 Å². The van der Waals surface area contributed by atoms with Gasteiger partial charge in [-0.2, -0.15) is 0 Å². The largest absolute Gasteiger partial charge is 0.368 e. The second-order valence-corrected chi connectivity index (χ2v) is 5.35. The lowest BCUT2D eigenvalue weighted by Gasteiger charge is -2.18. The van der Waals surface area contributed by atoms with Gasteiger partial charge in [0.2, 0.25) is 0 Å². The Bertz CT molecular complexity index is 334. The first kappa shape index (κ1) is 12.0. The minimum Gasteiger partial charge on any atom is -0.368 e. The first-order chi connectivity index (χ1) is 7.74. The van der Waals surface area contributed by atoms with Gasteiger partial charge in [-0.1, -0.05) is 18.3 Å². The number of hydrogen-bond donors (Lipinski definition) is 1. The Morgan fingerprint density at radius 1 is 1.50 bits per heavy atom. The molecule has 2 heterocycles. The van der Waals surface area contributed by atoms with Gasteiger partial charge in [0.1, 0.15) is 15.6 Å². The van der Waals surface area contributed by atoms with Crippen molar-refractivity contribution < 1.29 is 4.74 Å². The van der Waals surface area contributed by atoms with Crippen LogP contribution in [0.25, 0.3) is 0 Å². The molecule has 1 aromatic heterocycles. The van der Waals surface area contributed by atoms with E-state index in [4.69, 9.17) is 4.74 Å². The van der Waals surface area contributed by atoms with Crippen molar-refractivity contribution in [2.24, 2.45) is 0 Å². The molecule has 1 N–H and O–H groups in total. The molecule has 1 atom stereocenters. The van der Waals surface area contributed by atoms with Gasteiger partial charge in [-0.15, -0.1) is 10.2 Å². The predicted octanol–water partition coefficient (Wildman–Crippen LogP) is 1.72. The zero-order valence-corrected chi connectivity index (χ0v) is 10.8. The number of nitrogens with one attached hydrogen (secondary N) is 1. The highest BCUT2D eigenvalue weighted by atomic mass is 32.1. The third-order valence-electron chi connectivity index (χ3n) is 2.90. The van der Waals surface area contributed by atoms with Gasteiger partial charge in [0.15, 0.2) is 0 Å². The maximum absolute atomic E-state index is 5.76. The number of nitrogens with zero attached hydrogens (tertiary/aromatic N) is 2. The van der Waals surface area contributed by atoms with E-state index < -0.39 is 0 Å². The Balaban J connectivity index is 1.96. The van der Waals surface area contributed by atoms with E-state index in [1.54, 1.807) is 11.3 Å². The van der Waals surface area contributed by atoms with Crippen LogP contribution in [0.1, 0.15) is 36.7 Å². The average molecular weight is 241 g/mol. The summed E-state index contributed by atoms with van der Waals surface area (Å²) < 4.78 is 5.76. The monoisotopic (exact) mass is 241 g/mol. The summed E-state index contributed by atoms with van der Waals surface area (Å²) in [5.74, 6) is 0. The van der Waals surface area contributed by atoms with E-state index in [0.29, 0.717) is 0 Å². The standard InChI is InChI=1S/C11H19N3OS/c1-3-12-7-5-9-13-14-10(16-9)11(2)6-4-8-15-11/h12H,3-8H2,1-2H3. The summed E-state index contributed by atoms with van der Waals surface area (Å²) in [6, 6.07) is 0. The Hall–Kier alpha value is -0.520. The topological polar surface area (TPSA) is 47.0 Å². The van der Waals surface area contributed by atoms with E-state index in [1.807, 2.05) is 0 Å². The van der Waals surface area contributed by atoms with Crippen LogP contribution in [-0.2, 0) is 16.8 Å². The lowest BCUT2D eigenvalue weighted by Crippen LogP contribution is -2.19. The number of likely N-dealkylation sites (N-methyl/N-ethyl adjacent to an activating group) is 1. The van der Waals surface area contributed by atoms with Crippen molar-refractivity contribution in [3.05, 3.63) is 10.0 Å². The highest BCUT2D eigenvalue weighted by molar-refractivity contribution is 7.11. The lowest BCUT2D eigenvalue weighted by molar-refractivity contribution is 0.0161. The second kappa shape index (κ2) is 5.21. The molecule has 90 valence electrons. The molecule has 1 aliphatic heterocycles. The van der Waals surface area contributed by atoms with E-state index in [-0.39, 0.29) is 5.60 Å². The number of hydrogen-bond acceptors (Lipinski definition) is 5. The van der Waals surface area contributed by atoms with Crippen molar-refractivity contribution in [3.8, 4) is 0 Å². The van der Waals surface area contributed by atoms with Gasteiger partial charge in [-0.05, 0) is 26.3 Å². The first-order valence-electron chi connectivity index (χ1n) is 5.92. The minimum atomic E-state index is -0.173. The fourth-order valence-electron chi connectivity index (χ4n) is 1.89. The molecule has 1 aromatic rings. The summed E-state index contributed by atoms with van der Waals surface area (Å²) in [5.41, 5.74) is -0.173. The third kappa shape index (κ3) is 2.59. The van der Waals surface area contributed by atoms with Gasteiger partial charge in [-0.25, -0.2) is 0 Å². The first-order valence-corrected chi connectivity index (χ1v) is 6.74. The molecule has 16 heavy (non-hydrogen) atoms. The number of aromatic nitrogens is 2. The fraction of sp³-hybridized carbons (Fsp3) is 0.818. The van der Waals surface area contributed by atoms with Crippen LogP contribution in [0.2, 0.25) is 0 Å². The van der Waals surface area contributed by atoms with Gasteiger partial charge in [0, 0.05) is 19.6 Å². The normalized spacial score (nSPS) is 25.1. The molecule has 0 saturated carbocycles. The quantitative estimate of drug-likeness (QED) is 0.797. The van der Waals surface area contributed by atoms with E-state index in [0.717, 1.165) is 49.0 Å². The van der Waals surface area contributed by atoms with Crippen molar-refractivity contribution in [1.82, 2.24) is 15.5 Å². The molecule has 0 bridgehead atoms. The van der Waals surface area contributed by atoms with Crippen molar-refractivity contribution in [2.75, 3.05) is 19.7 Å². The molecule has 0 radical (unpaired) electrons. The van der Waals surface area contributed by atoms with Crippen molar-refractivity contribution >= 4 is 11.3 Å². The fourth-order valence-corrected chi connectivity index (χ4v) is 2.86. The smallest absolute Gasteiger partial charge is 0.149 e. The average Bonchev–Trinajstić information content (AvgIpc) is 2.88. The highest BCUT2D eigenvalue weighted by Gasteiger charge is 2.35. The molecule has 4 nitrogen and oxygen atoms in total. The maximum Gasteiger partial charge on any atom is 0.149 e. The van der Waals surface area contributed by atoms with Gasteiger partial charge in [0.25, 0.3) is 0 Å². The summed E-state index contributed by atoms with van der Waals surface area (Å²) in [6.45, 7) is 7.06. The Morgan fingerprint density at radius 2 is 2.38 bits per heavy atom. The SMILES string of the molecule is CCNCCc1nnc(C2(C)CCCO2)s1. The van der Waals surface area contributed by atoms with Crippen molar-refractivity contribution in [1.29, 1.82) is 0 Å². The van der Waals surface area contributed by atoms with E-state index in [9.17, 15) is 0 Å². The predicted molar refractivity (Wildman–Crippen MR) is 64.7 cm³/mol. The summed E-state index contributed by atoms with van der Waals surface area (Å²) >= 11 is 1.69. The van der Waals surface area contributed by atoms with Crippen molar-refractivity contribution in [3.63, 3.8) is 0 Å². The third-order valence-corrected chi connectivity index (χ3v) is 4.13. The molecule has 2 rings (SSSR count). The molecule has 1 saturated heterocycles. The molecule has 1 unspecified atom stereocenters.